The van der Waals surface area contributed by atoms with Crippen LogP contribution >= 0.6 is 23.2 Å². The maximum absolute atomic E-state index is 12.7. The van der Waals surface area contributed by atoms with E-state index in [1.54, 1.807) is 32.0 Å². The van der Waals surface area contributed by atoms with Crippen LogP contribution in [-0.4, -0.2) is 54.0 Å². The lowest BCUT2D eigenvalue weighted by molar-refractivity contribution is 0.0682. The van der Waals surface area contributed by atoms with Gasteiger partial charge in [0.1, 0.15) is 17.1 Å². The van der Waals surface area contributed by atoms with Gasteiger partial charge in [0.25, 0.3) is 5.91 Å². The van der Waals surface area contributed by atoms with Gasteiger partial charge in [0, 0.05) is 24.7 Å². The largest absolute Gasteiger partial charge is 0.490 e. The van der Waals surface area contributed by atoms with Crippen LogP contribution in [0.3, 0.4) is 0 Å². The molecule has 2 aliphatic rings. The fourth-order valence-corrected chi connectivity index (χ4v) is 4.92. The van der Waals surface area contributed by atoms with Crippen molar-refractivity contribution in [2.75, 3.05) is 19.6 Å². The van der Waals surface area contributed by atoms with Crippen LogP contribution in [0.4, 0.5) is 0 Å². The topological polar surface area (TPSA) is 67.9 Å². The number of piperidine rings is 1. The second-order valence-corrected chi connectivity index (χ2v) is 10.7. The summed E-state index contributed by atoms with van der Waals surface area (Å²) in [6.07, 6.45) is 3.68. The van der Waals surface area contributed by atoms with E-state index in [1.165, 1.54) is 0 Å². The van der Waals surface area contributed by atoms with Crippen molar-refractivity contribution < 1.29 is 19.1 Å². The molecule has 0 aliphatic carbocycles. The molecule has 1 amide bonds. The Bertz CT molecular complexity index is 1100. The Morgan fingerprint density at radius 2 is 1.94 bits per heavy atom. The Morgan fingerprint density at radius 3 is 2.66 bits per heavy atom. The fraction of sp³-hybridized carbons (Fsp3) is 0.481. The lowest BCUT2D eigenvalue weighted by Gasteiger charge is -2.32. The monoisotopic (exact) mass is 518 g/mol. The number of fused-ring (bicyclic) bond motifs is 1. The molecule has 0 spiro atoms. The van der Waals surface area contributed by atoms with E-state index in [-0.39, 0.29) is 23.8 Å². The summed E-state index contributed by atoms with van der Waals surface area (Å²) in [7, 11) is 0. The first-order valence-electron chi connectivity index (χ1n) is 12.2. The number of ether oxygens (including phenoxy) is 2. The third-order valence-electron chi connectivity index (χ3n) is 6.64. The molecule has 188 valence electrons. The summed E-state index contributed by atoms with van der Waals surface area (Å²) in [6, 6.07) is 10.6. The number of Topliss-reactive ketones (excluding diaryl/α,β-unsaturated/α-hetero) is 1. The predicted molar refractivity (Wildman–Crippen MR) is 138 cm³/mol. The standard InChI is InChI=1S/C27H32Cl2N2O4/c1-17(34-22-7-4-8-23-24(22)25(32)27(2,3)35-23)6-5-13-31-14-11-19(12-15-31)30-26(33)18-9-10-20(28)21(29)16-18/h4,7-10,16-17,19H,5-6,11-15H2,1-3H3,(H,30,33). The van der Waals surface area contributed by atoms with Crippen LogP contribution in [0, 0.1) is 0 Å². The molecule has 1 unspecified atom stereocenters. The number of carbonyl (C=O) groups is 2. The quantitative estimate of drug-likeness (QED) is 0.478. The average molecular weight is 519 g/mol. The van der Waals surface area contributed by atoms with Crippen molar-refractivity contribution in [2.24, 2.45) is 0 Å². The molecule has 6 nitrogen and oxygen atoms in total. The summed E-state index contributed by atoms with van der Waals surface area (Å²) in [5.41, 5.74) is 0.226. The van der Waals surface area contributed by atoms with Crippen LogP contribution in [0.2, 0.25) is 10.0 Å². The van der Waals surface area contributed by atoms with E-state index in [4.69, 9.17) is 32.7 Å². The van der Waals surface area contributed by atoms with Crippen molar-refractivity contribution >= 4 is 34.9 Å². The maximum atomic E-state index is 12.7. The normalized spacial score (nSPS) is 18.6. The summed E-state index contributed by atoms with van der Waals surface area (Å²) in [5.74, 6) is 1.04. The fourth-order valence-electron chi connectivity index (χ4n) is 4.63. The molecule has 0 aromatic heterocycles. The van der Waals surface area contributed by atoms with Crippen molar-refractivity contribution in [1.29, 1.82) is 0 Å². The minimum atomic E-state index is -0.849. The SMILES string of the molecule is CC(CCCN1CCC(NC(=O)c2ccc(Cl)c(Cl)c2)CC1)Oc1cccc2c1C(=O)C(C)(C)O2. The minimum absolute atomic E-state index is 0.0129. The van der Waals surface area contributed by atoms with E-state index in [2.05, 4.69) is 10.2 Å². The van der Waals surface area contributed by atoms with Gasteiger partial charge in [0.2, 0.25) is 5.78 Å². The molecule has 1 N–H and O–H groups in total. The van der Waals surface area contributed by atoms with Crippen LogP contribution in [0.25, 0.3) is 0 Å². The first kappa shape index (κ1) is 25.8. The van der Waals surface area contributed by atoms with Gasteiger partial charge in [-0.1, -0.05) is 29.3 Å². The summed E-state index contributed by atoms with van der Waals surface area (Å²) in [4.78, 5) is 27.6. The van der Waals surface area contributed by atoms with Crippen LogP contribution in [0.1, 0.15) is 67.2 Å². The number of rotatable bonds is 8. The van der Waals surface area contributed by atoms with Crippen molar-refractivity contribution in [2.45, 2.75) is 64.2 Å². The molecule has 35 heavy (non-hydrogen) atoms. The second kappa shape index (κ2) is 10.8. The highest BCUT2D eigenvalue weighted by molar-refractivity contribution is 6.42. The smallest absolute Gasteiger partial charge is 0.251 e. The van der Waals surface area contributed by atoms with Crippen LogP contribution < -0.4 is 14.8 Å². The van der Waals surface area contributed by atoms with Gasteiger partial charge in [0.15, 0.2) is 5.60 Å². The van der Waals surface area contributed by atoms with Crippen LogP contribution in [-0.2, 0) is 0 Å². The Balaban J connectivity index is 1.19. The number of amides is 1. The van der Waals surface area contributed by atoms with Crippen LogP contribution in [0.15, 0.2) is 36.4 Å². The zero-order valence-electron chi connectivity index (χ0n) is 20.4. The van der Waals surface area contributed by atoms with E-state index in [9.17, 15) is 9.59 Å². The summed E-state index contributed by atoms with van der Waals surface area (Å²) < 4.78 is 11.9. The average Bonchev–Trinajstić information content (AvgIpc) is 3.05. The molecule has 0 radical (unpaired) electrons. The molecule has 2 aliphatic heterocycles. The van der Waals surface area contributed by atoms with Crippen molar-refractivity contribution in [3.05, 3.63) is 57.6 Å². The maximum Gasteiger partial charge on any atom is 0.251 e. The zero-order valence-corrected chi connectivity index (χ0v) is 21.9. The van der Waals surface area contributed by atoms with E-state index in [1.807, 2.05) is 25.1 Å². The zero-order chi connectivity index (χ0) is 25.2. The first-order valence-corrected chi connectivity index (χ1v) is 12.9. The van der Waals surface area contributed by atoms with E-state index in [0.717, 1.165) is 45.3 Å². The summed E-state index contributed by atoms with van der Waals surface area (Å²) >= 11 is 12.0. The summed E-state index contributed by atoms with van der Waals surface area (Å²) in [5, 5.41) is 3.93. The first-order chi connectivity index (χ1) is 16.6. The molecule has 1 saturated heterocycles. The molecule has 0 saturated carbocycles. The van der Waals surface area contributed by atoms with Gasteiger partial charge in [-0.25, -0.2) is 0 Å². The van der Waals surface area contributed by atoms with Crippen LogP contribution in [0.5, 0.6) is 11.5 Å². The van der Waals surface area contributed by atoms with E-state index >= 15 is 0 Å². The van der Waals surface area contributed by atoms with E-state index in [0.29, 0.717) is 32.7 Å². The highest BCUT2D eigenvalue weighted by Gasteiger charge is 2.42. The number of nitrogens with one attached hydrogen (secondary N) is 1. The predicted octanol–water partition coefficient (Wildman–Crippen LogP) is 5.79. The van der Waals surface area contributed by atoms with Gasteiger partial charge in [-0.3, -0.25) is 9.59 Å². The molecule has 4 rings (SSSR count). The van der Waals surface area contributed by atoms with Crippen molar-refractivity contribution in [1.82, 2.24) is 10.2 Å². The molecule has 2 aromatic carbocycles. The second-order valence-electron chi connectivity index (χ2n) is 9.86. The lowest BCUT2D eigenvalue weighted by atomic mass is 9.99. The number of ketones is 1. The third-order valence-corrected chi connectivity index (χ3v) is 7.38. The van der Waals surface area contributed by atoms with Crippen molar-refractivity contribution in [3.63, 3.8) is 0 Å². The minimum Gasteiger partial charge on any atom is -0.490 e. The number of carbonyl (C=O) groups excluding carboxylic acids is 2. The lowest BCUT2D eigenvalue weighted by Crippen LogP contribution is -2.44. The molecular weight excluding hydrogens is 487 g/mol. The summed E-state index contributed by atoms with van der Waals surface area (Å²) in [6.45, 7) is 8.46. The molecule has 0 bridgehead atoms. The van der Waals surface area contributed by atoms with Gasteiger partial charge in [-0.15, -0.1) is 0 Å². The number of nitrogens with zero attached hydrogens (tertiary/aromatic N) is 1. The van der Waals surface area contributed by atoms with E-state index < -0.39 is 5.60 Å². The molecule has 1 fully saturated rings. The van der Waals surface area contributed by atoms with Gasteiger partial charge in [-0.2, -0.15) is 0 Å². The number of hydrogen-bond donors (Lipinski definition) is 1. The molecule has 8 heteroatoms. The molecular formula is C27H32Cl2N2O4. The Morgan fingerprint density at radius 1 is 1.20 bits per heavy atom. The third kappa shape index (κ3) is 6.11. The highest BCUT2D eigenvalue weighted by Crippen LogP contribution is 2.40. The Labute approximate surface area is 216 Å². The molecule has 2 heterocycles. The number of benzene rings is 2. The number of halogens is 2. The van der Waals surface area contributed by atoms with Gasteiger partial charge >= 0.3 is 0 Å². The van der Waals surface area contributed by atoms with Gasteiger partial charge in [-0.05, 0) is 83.3 Å². The Kier molecular flexibility index (Phi) is 7.94. The van der Waals surface area contributed by atoms with Gasteiger partial charge in [0.05, 0.1) is 16.1 Å². The van der Waals surface area contributed by atoms with Crippen molar-refractivity contribution in [3.8, 4) is 11.5 Å². The molecule has 2 aromatic rings. The highest BCUT2D eigenvalue weighted by atomic mass is 35.5. The number of likely N-dealkylation sites (tertiary alicyclic amines) is 1. The van der Waals surface area contributed by atoms with Gasteiger partial charge < -0.3 is 19.7 Å². The number of hydrogen-bond acceptors (Lipinski definition) is 5. The Hall–Kier alpha value is -2.28. The molecule has 1 atom stereocenters.